The number of imidazole rings is 1. The van der Waals surface area contributed by atoms with Crippen molar-refractivity contribution in [1.82, 2.24) is 14.5 Å². The zero-order valence-corrected chi connectivity index (χ0v) is 19.4. The summed E-state index contributed by atoms with van der Waals surface area (Å²) in [7, 11) is 1.82. The highest BCUT2D eigenvalue weighted by molar-refractivity contribution is 6.30. The highest BCUT2D eigenvalue weighted by Gasteiger charge is 2.36. The van der Waals surface area contributed by atoms with Crippen LogP contribution >= 0.6 is 11.6 Å². The molecule has 0 amide bonds. The lowest BCUT2D eigenvalue weighted by Gasteiger charge is -2.30. The molecule has 174 valence electrons. The normalized spacial score (nSPS) is 13.3. The molecule has 0 spiro atoms. The third-order valence-electron chi connectivity index (χ3n) is 6.12. The lowest BCUT2D eigenvalue weighted by atomic mass is 9.82. The fourth-order valence-electron chi connectivity index (χ4n) is 4.42. The van der Waals surface area contributed by atoms with Gasteiger partial charge in [0.1, 0.15) is 0 Å². The van der Waals surface area contributed by atoms with Crippen LogP contribution < -0.4 is 5.56 Å². The van der Waals surface area contributed by atoms with E-state index in [0.29, 0.717) is 38.5 Å². The Balaban J connectivity index is 1.78. The molecule has 0 aliphatic rings. The van der Waals surface area contributed by atoms with E-state index >= 15 is 0 Å². The summed E-state index contributed by atoms with van der Waals surface area (Å²) in [6, 6.07) is 21.3. The molecule has 0 bridgehead atoms. The van der Waals surface area contributed by atoms with E-state index in [1.165, 1.54) is 12.3 Å². The molecular weight excluding hydrogens is 464 g/mol. The number of aryl methyl sites for hydroxylation is 1. The number of aromatic nitrogens is 3. The zero-order chi connectivity index (χ0) is 24.6. The Kier molecular flexibility index (Phi) is 5.72. The second kappa shape index (κ2) is 8.87. The summed E-state index contributed by atoms with van der Waals surface area (Å²) in [5, 5.41) is 25.5. The van der Waals surface area contributed by atoms with Crippen LogP contribution in [0.4, 0.5) is 0 Å². The first-order valence-electron chi connectivity index (χ1n) is 10.8. The number of nitrogens with one attached hydrogen (secondary N) is 1. The smallest absolute Gasteiger partial charge is 0.249 e. The third kappa shape index (κ3) is 4.01. The molecule has 7 nitrogen and oxygen atoms in total. The number of aliphatic hydroxyl groups is 1. The minimum Gasteiger partial charge on any atom is -0.411 e. The number of fused-ring (bicyclic) bond motifs is 1. The third-order valence-corrected chi connectivity index (χ3v) is 6.35. The SMILES string of the molecule is Cn1cncc1C(O)(c1ccc(/C=N\O)cc1)c1ccc2[nH]c(=O)cc(-c3cccc(Cl)c3)c2c1. The Hall–Kier alpha value is -4.20. The van der Waals surface area contributed by atoms with Gasteiger partial charge < -0.3 is 19.9 Å². The summed E-state index contributed by atoms with van der Waals surface area (Å²) < 4.78 is 1.76. The van der Waals surface area contributed by atoms with Gasteiger partial charge in [0.05, 0.1) is 24.4 Å². The predicted octanol–water partition coefficient (Wildman–Crippen LogP) is 4.67. The van der Waals surface area contributed by atoms with Crippen molar-refractivity contribution in [2.24, 2.45) is 12.2 Å². The molecule has 8 heteroatoms. The van der Waals surface area contributed by atoms with Gasteiger partial charge in [-0.1, -0.05) is 59.2 Å². The average Bonchev–Trinajstić information content (AvgIpc) is 3.30. The highest BCUT2D eigenvalue weighted by atomic mass is 35.5. The molecule has 3 aromatic carbocycles. The first kappa shape index (κ1) is 22.6. The van der Waals surface area contributed by atoms with Crippen LogP contribution in [0.15, 0.2) is 95.3 Å². The summed E-state index contributed by atoms with van der Waals surface area (Å²) in [6.45, 7) is 0. The first-order valence-corrected chi connectivity index (χ1v) is 11.2. The van der Waals surface area contributed by atoms with Crippen molar-refractivity contribution in [1.29, 1.82) is 0 Å². The summed E-state index contributed by atoms with van der Waals surface area (Å²) in [6.07, 6.45) is 4.57. The van der Waals surface area contributed by atoms with Gasteiger partial charge in [-0.2, -0.15) is 0 Å². The maximum Gasteiger partial charge on any atom is 0.249 e. The predicted molar refractivity (Wildman–Crippen MR) is 136 cm³/mol. The number of oxime groups is 1. The Labute approximate surface area is 205 Å². The number of H-pyrrole nitrogens is 1. The van der Waals surface area contributed by atoms with Gasteiger partial charge in [-0.15, -0.1) is 0 Å². The van der Waals surface area contributed by atoms with E-state index in [1.54, 1.807) is 65.6 Å². The van der Waals surface area contributed by atoms with Gasteiger partial charge in [0.2, 0.25) is 5.56 Å². The fourth-order valence-corrected chi connectivity index (χ4v) is 4.61. The first-order chi connectivity index (χ1) is 16.9. The molecule has 2 aromatic heterocycles. The minimum atomic E-state index is -1.56. The van der Waals surface area contributed by atoms with E-state index in [9.17, 15) is 9.90 Å². The molecule has 0 fully saturated rings. The maximum atomic E-state index is 12.4. The molecular formula is C27H21ClN4O3. The van der Waals surface area contributed by atoms with E-state index in [-0.39, 0.29) is 5.56 Å². The van der Waals surface area contributed by atoms with Crippen LogP contribution in [0.1, 0.15) is 22.4 Å². The Morgan fingerprint density at radius 1 is 1.06 bits per heavy atom. The molecule has 0 aliphatic heterocycles. The zero-order valence-electron chi connectivity index (χ0n) is 18.7. The van der Waals surface area contributed by atoms with Gasteiger partial charge in [-0.25, -0.2) is 4.98 Å². The molecule has 2 heterocycles. The van der Waals surface area contributed by atoms with Crippen LogP contribution in [0, 0.1) is 0 Å². The van der Waals surface area contributed by atoms with Crippen molar-refractivity contribution < 1.29 is 10.3 Å². The van der Waals surface area contributed by atoms with Crippen LogP contribution in [0.2, 0.25) is 5.02 Å². The Morgan fingerprint density at radius 3 is 2.51 bits per heavy atom. The molecule has 1 unspecified atom stereocenters. The topological polar surface area (TPSA) is 104 Å². The average molecular weight is 485 g/mol. The van der Waals surface area contributed by atoms with Crippen LogP contribution in [-0.4, -0.2) is 31.1 Å². The number of halogens is 1. The van der Waals surface area contributed by atoms with Crippen molar-refractivity contribution >= 4 is 28.7 Å². The molecule has 0 saturated heterocycles. The van der Waals surface area contributed by atoms with E-state index < -0.39 is 5.60 Å². The summed E-state index contributed by atoms with van der Waals surface area (Å²) in [5.74, 6) is 0. The van der Waals surface area contributed by atoms with Gasteiger partial charge in [-0.05, 0) is 52.1 Å². The molecule has 0 radical (unpaired) electrons. The largest absolute Gasteiger partial charge is 0.411 e. The molecule has 3 N–H and O–H groups in total. The summed E-state index contributed by atoms with van der Waals surface area (Å²) in [4.78, 5) is 19.5. The molecule has 0 aliphatic carbocycles. The lowest BCUT2D eigenvalue weighted by Crippen LogP contribution is -2.31. The molecule has 5 rings (SSSR count). The number of nitrogens with zero attached hydrogens (tertiary/aromatic N) is 3. The van der Waals surface area contributed by atoms with Crippen LogP contribution in [0.25, 0.3) is 22.0 Å². The molecule has 0 saturated carbocycles. The second-order valence-electron chi connectivity index (χ2n) is 8.28. The molecule has 5 aromatic rings. The van der Waals surface area contributed by atoms with E-state index in [4.69, 9.17) is 16.8 Å². The number of hydrogen-bond donors (Lipinski definition) is 3. The standard InChI is InChI=1S/C27H21ClN4O3/c1-32-16-29-15-25(32)27(34,19-7-5-17(6-8-19)14-30-35)20-9-10-24-23(12-20)22(13-26(33)31-24)18-3-2-4-21(28)11-18/h2-16,34-35H,1H3,(H,31,33)/b30-14-. The van der Waals surface area contributed by atoms with Crippen molar-refractivity contribution in [2.45, 2.75) is 5.60 Å². The van der Waals surface area contributed by atoms with Gasteiger partial charge in [0.25, 0.3) is 0 Å². The molecule has 1 atom stereocenters. The Bertz CT molecular complexity index is 1620. The van der Waals surface area contributed by atoms with Crippen molar-refractivity contribution in [3.8, 4) is 11.1 Å². The number of pyridine rings is 1. The number of benzene rings is 3. The van der Waals surface area contributed by atoms with Gasteiger partial charge in [0.15, 0.2) is 5.60 Å². The highest BCUT2D eigenvalue weighted by Crippen LogP contribution is 2.39. The molecule has 35 heavy (non-hydrogen) atoms. The van der Waals surface area contributed by atoms with E-state index in [0.717, 1.165) is 10.9 Å². The quantitative estimate of drug-likeness (QED) is 0.191. The maximum absolute atomic E-state index is 12.4. The number of rotatable bonds is 5. The van der Waals surface area contributed by atoms with Crippen molar-refractivity contribution in [3.05, 3.63) is 123 Å². The van der Waals surface area contributed by atoms with Crippen LogP contribution in [0.3, 0.4) is 0 Å². The number of aromatic amines is 1. The van der Waals surface area contributed by atoms with Gasteiger partial charge in [-0.3, -0.25) is 4.79 Å². The lowest BCUT2D eigenvalue weighted by molar-refractivity contribution is 0.117. The van der Waals surface area contributed by atoms with Crippen LogP contribution in [-0.2, 0) is 12.6 Å². The Morgan fingerprint density at radius 2 is 1.83 bits per heavy atom. The summed E-state index contributed by atoms with van der Waals surface area (Å²) >= 11 is 6.23. The minimum absolute atomic E-state index is 0.233. The monoisotopic (exact) mass is 484 g/mol. The van der Waals surface area contributed by atoms with Gasteiger partial charge >= 0.3 is 0 Å². The van der Waals surface area contributed by atoms with Crippen LogP contribution in [0.5, 0.6) is 0 Å². The van der Waals surface area contributed by atoms with Crippen molar-refractivity contribution in [2.75, 3.05) is 0 Å². The second-order valence-corrected chi connectivity index (χ2v) is 8.72. The van der Waals surface area contributed by atoms with E-state index in [2.05, 4.69) is 15.1 Å². The van der Waals surface area contributed by atoms with Crippen molar-refractivity contribution in [3.63, 3.8) is 0 Å². The van der Waals surface area contributed by atoms with Gasteiger partial charge in [0, 0.05) is 29.0 Å². The number of hydrogen-bond acceptors (Lipinski definition) is 5. The van der Waals surface area contributed by atoms with E-state index in [1.807, 2.05) is 25.2 Å². The summed E-state index contributed by atoms with van der Waals surface area (Å²) in [5.41, 5.74) is 2.78. The fraction of sp³-hybridized carbons (Fsp3) is 0.0741.